The number of methoxy groups -OCH3 is 2. The van der Waals surface area contributed by atoms with Gasteiger partial charge in [-0.3, -0.25) is 0 Å². The summed E-state index contributed by atoms with van der Waals surface area (Å²) in [5.41, 5.74) is 0.936. The zero-order chi connectivity index (χ0) is 19.2. The van der Waals surface area contributed by atoms with Gasteiger partial charge in [-0.2, -0.15) is 0 Å². The molecular weight excluding hydrogens is 414 g/mol. The predicted octanol–water partition coefficient (Wildman–Crippen LogP) is 3.22. The molecule has 1 atom stereocenters. The Hall–Kier alpha value is -2.48. The van der Waals surface area contributed by atoms with Crippen LogP contribution in [0, 0.1) is 0 Å². The van der Waals surface area contributed by atoms with E-state index in [0.29, 0.717) is 37.0 Å². The van der Waals surface area contributed by atoms with Gasteiger partial charge in [0, 0.05) is 25.7 Å². The number of halogens is 1. The molecule has 8 heteroatoms. The number of hydrogen-bond donors (Lipinski definition) is 1. The van der Waals surface area contributed by atoms with Gasteiger partial charge in [0.1, 0.15) is 6.10 Å². The van der Waals surface area contributed by atoms with Crippen molar-refractivity contribution in [2.75, 3.05) is 27.3 Å². The van der Waals surface area contributed by atoms with E-state index in [1.165, 1.54) is 0 Å². The minimum Gasteiger partial charge on any atom is -0.493 e. The molecule has 2 heterocycles. The van der Waals surface area contributed by atoms with Crippen LogP contribution in [0.25, 0.3) is 0 Å². The third-order valence-electron chi connectivity index (χ3n) is 4.33. The molecule has 1 aromatic carbocycles. The fraction of sp³-hybridized carbons (Fsp3) is 0.368. The Morgan fingerprint density at radius 1 is 1.30 bits per heavy atom. The number of carbonyl (C=O) groups is 1. The molecule has 0 spiro atoms. The molecule has 1 aromatic heterocycles. The molecule has 0 bridgehead atoms. The van der Waals surface area contributed by atoms with Crippen molar-refractivity contribution in [3.05, 3.63) is 46.6 Å². The molecule has 0 saturated carbocycles. The van der Waals surface area contributed by atoms with Crippen LogP contribution in [0.5, 0.6) is 17.4 Å². The zero-order valence-corrected chi connectivity index (χ0v) is 16.9. The minimum absolute atomic E-state index is 0.0666. The molecule has 1 fully saturated rings. The maximum absolute atomic E-state index is 12.4. The van der Waals surface area contributed by atoms with Crippen LogP contribution in [-0.4, -0.2) is 49.3 Å². The third-order valence-corrected chi connectivity index (χ3v) is 4.93. The van der Waals surface area contributed by atoms with Crippen molar-refractivity contribution in [3.8, 4) is 17.4 Å². The SMILES string of the molecule is COc1ccc(CNC(=O)N2CCC(Oc3ncccc3Br)C2)cc1OC. The summed E-state index contributed by atoms with van der Waals surface area (Å²) in [5, 5.41) is 2.94. The number of benzene rings is 1. The van der Waals surface area contributed by atoms with Crippen molar-refractivity contribution in [3.63, 3.8) is 0 Å². The van der Waals surface area contributed by atoms with Gasteiger partial charge in [0.15, 0.2) is 11.5 Å². The number of pyridine rings is 1. The molecule has 2 aromatic rings. The van der Waals surface area contributed by atoms with Crippen molar-refractivity contribution in [2.24, 2.45) is 0 Å². The average molecular weight is 436 g/mol. The third kappa shape index (κ3) is 4.82. The first-order valence-corrected chi connectivity index (χ1v) is 9.41. The lowest BCUT2D eigenvalue weighted by Crippen LogP contribution is -2.39. The Kier molecular flexibility index (Phi) is 6.39. The number of nitrogens with one attached hydrogen (secondary N) is 1. The highest BCUT2D eigenvalue weighted by atomic mass is 79.9. The van der Waals surface area contributed by atoms with Gasteiger partial charge in [0.25, 0.3) is 0 Å². The van der Waals surface area contributed by atoms with Gasteiger partial charge in [-0.05, 0) is 45.8 Å². The Balaban J connectivity index is 1.51. The van der Waals surface area contributed by atoms with Crippen LogP contribution in [0.4, 0.5) is 4.79 Å². The highest BCUT2D eigenvalue weighted by Gasteiger charge is 2.28. The van der Waals surface area contributed by atoms with E-state index < -0.39 is 0 Å². The van der Waals surface area contributed by atoms with E-state index in [1.54, 1.807) is 25.3 Å². The fourth-order valence-electron chi connectivity index (χ4n) is 2.90. The van der Waals surface area contributed by atoms with Crippen molar-refractivity contribution < 1.29 is 19.0 Å². The lowest BCUT2D eigenvalue weighted by Gasteiger charge is -2.18. The number of amides is 2. The number of hydrogen-bond acceptors (Lipinski definition) is 5. The minimum atomic E-state index is -0.115. The van der Waals surface area contributed by atoms with Gasteiger partial charge in [-0.15, -0.1) is 0 Å². The molecule has 1 N–H and O–H groups in total. The molecule has 27 heavy (non-hydrogen) atoms. The number of carbonyl (C=O) groups excluding carboxylic acids is 1. The van der Waals surface area contributed by atoms with Crippen molar-refractivity contribution in [2.45, 2.75) is 19.1 Å². The van der Waals surface area contributed by atoms with Gasteiger partial charge in [-0.25, -0.2) is 9.78 Å². The quantitative estimate of drug-likeness (QED) is 0.753. The molecule has 1 unspecified atom stereocenters. The first-order chi connectivity index (χ1) is 13.1. The van der Waals surface area contributed by atoms with E-state index >= 15 is 0 Å². The first-order valence-electron chi connectivity index (χ1n) is 8.61. The molecule has 1 saturated heterocycles. The normalized spacial score (nSPS) is 16.1. The van der Waals surface area contributed by atoms with Crippen LogP contribution in [0.15, 0.2) is 41.0 Å². The van der Waals surface area contributed by atoms with Crippen LogP contribution in [0.2, 0.25) is 0 Å². The van der Waals surface area contributed by atoms with Crippen molar-refractivity contribution in [1.82, 2.24) is 15.2 Å². The van der Waals surface area contributed by atoms with Crippen LogP contribution < -0.4 is 19.5 Å². The van der Waals surface area contributed by atoms with E-state index in [4.69, 9.17) is 14.2 Å². The average Bonchev–Trinajstić information content (AvgIpc) is 3.16. The number of aromatic nitrogens is 1. The van der Waals surface area contributed by atoms with Crippen LogP contribution in [-0.2, 0) is 6.54 Å². The van der Waals surface area contributed by atoms with Crippen LogP contribution >= 0.6 is 15.9 Å². The van der Waals surface area contributed by atoms with E-state index in [2.05, 4.69) is 26.2 Å². The molecule has 1 aliphatic rings. The van der Waals surface area contributed by atoms with E-state index in [9.17, 15) is 4.79 Å². The summed E-state index contributed by atoms with van der Waals surface area (Å²) in [4.78, 5) is 18.4. The van der Waals surface area contributed by atoms with Gasteiger partial charge in [-0.1, -0.05) is 6.07 Å². The van der Waals surface area contributed by atoms with Crippen LogP contribution in [0.3, 0.4) is 0 Å². The zero-order valence-electron chi connectivity index (χ0n) is 15.3. The molecule has 2 amide bonds. The van der Waals surface area contributed by atoms with E-state index in [1.807, 2.05) is 30.3 Å². The summed E-state index contributed by atoms with van der Waals surface area (Å²) < 4.78 is 17.2. The van der Waals surface area contributed by atoms with Crippen molar-refractivity contribution >= 4 is 22.0 Å². The first kappa shape index (κ1) is 19.3. The summed E-state index contributed by atoms with van der Waals surface area (Å²) in [6.45, 7) is 1.58. The highest BCUT2D eigenvalue weighted by Crippen LogP contribution is 2.27. The van der Waals surface area contributed by atoms with E-state index in [-0.39, 0.29) is 12.1 Å². The summed E-state index contributed by atoms with van der Waals surface area (Å²) >= 11 is 3.42. The largest absolute Gasteiger partial charge is 0.493 e. The number of likely N-dealkylation sites (tertiary alicyclic amines) is 1. The number of nitrogens with zero attached hydrogens (tertiary/aromatic N) is 2. The Morgan fingerprint density at radius 3 is 2.85 bits per heavy atom. The summed E-state index contributed by atoms with van der Waals surface area (Å²) in [7, 11) is 3.18. The van der Waals surface area contributed by atoms with Crippen molar-refractivity contribution in [1.29, 1.82) is 0 Å². The predicted molar refractivity (Wildman–Crippen MR) is 104 cm³/mol. The standard InChI is InChI=1S/C19H22BrN3O4/c1-25-16-6-5-13(10-17(16)26-2)11-22-19(24)23-9-7-14(12-23)27-18-15(20)4-3-8-21-18/h3-6,8,10,14H,7,9,11-12H2,1-2H3,(H,22,24). The van der Waals surface area contributed by atoms with Gasteiger partial charge in [0.2, 0.25) is 5.88 Å². The molecular formula is C19H22BrN3O4. The maximum Gasteiger partial charge on any atom is 0.317 e. The highest BCUT2D eigenvalue weighted by molar-refractivity contribution is 9.10. The van der Waals surface area contributed by atoms with Gasteiger partial charge < -0.3 is 24.4 Å². The lowest BCUT2D eigenvalue weighted by atomic mass is 10.2. The van der Waals surface area contributed by atoms with Gasteiger partial charge in [0.05, 0.1) is 25.2 Å². The summed E-state index contributed by atoms with van der Waals surface area (Å²) in [5.74, 6) is 1.85. The Bertz CT molecular complexity index is 802. The molecule has 3 rings (SSSR count). The second kappa shape index (κ2) is 8.94. The second-order valence-electron chi connectivity index (χ2n) is 6.11. The topological polar surface area (TPSA) is 72.9 Å². The maximum atomic E-state index is 12.4. The summed E-state index contributed by atoms with van der Waals surface area (Å²) in [6.07, 6.45) is 2.39. The van der Waals surface area contributed by atoms with Gasteiger partial charge >= 0.3 is 6.03 Å². The second-order valence-corrected chi connectivity index (χ2v) is 6.97. The smallest absolute Gasteiger partial charge is 0.317 e. The molecule has 7 nitrogen and oxygen atoms in total. The number of ether oxygens (including phenoxy) is 3. The summed E-state index contributed by atoms with van der Waals surface area (Å²) in [6, 6.07) is 9.18. The Morgan fingerprint density at radius 2 is 2.11 bits per heavy atom. The fourth-order valence-corrected chi connectivity index (χ4v) is 3.25. The molecule has 1 aliphatic heterocycles. The number of rotatable bonds is 6. The lowest BCUT2D eigenvalue weighted by molar-refractivity contribution is 0.182. The number of urea groups is 1. The molecule has 0 aliphatic carbocycles. The molecule has 144 valence electrons. The Labute approximate surface area is 166 Å². The van der Waals surface area contributed by atoms with E-state index in [0.717, 1.165) is 16.5 Å². The monoisotopic (exact) mass is 435 g/mol. The molecule has 0 radical (unpaired) electrons. The van der Waals surface area contributed by atoms with Crippen LogP contribution in [0.1, 0.15) is 12.0 Å².